The maximum absolute atomic E-state index is 12.5. The van der Waals surface area contributed by atoms with Crippen LogP contribution in [-0.4, -0.2) is 21.9 Å². The number of hydrogen-bond acceptors (Lipinski definition) is 8. The Morgan fingerprint density at radius 2 is 2.13 bits per heavy atom. The van der Waals surface area contributed by atoms with Gasteiger partial charge in [0, 0.05) is 10.6 Å². The second kappa shape index (κ2) is 9.39. The summed E-state index contributed by atoms with van der Waals surface area (Å²) < 4.78 is 0.723. The molecule has 0 saturated carbocycles. The summed E-state index contributed by atoms with van der Waals surface area (Å²) in [4.78, 5) is 13.7. The van der Waals surface area contributed by atoms with Crippen LogP contribution in [0, 0.1) is 31.1 Å². The first-order valence-corrected chi connectivity index (χ1v) is 12.7. The van der Waals surface area contributed by atoms with Crippen LogP contribution in [0.1, 0.15) is 40.5 Å². The summed E-state index contributed by atoms with van der Waals surface area (Å²) in [5.74, 6) is 0.718. The van der Waals surface area contributed by atoms with Crippen molar-refractivity contribution >= 4 is 56.2 Å². The Morgan fingerprint density at radius 3 is 2.90 bits per heavy atom. The SMILES string of the molecule is Cc1ccc(Nc2nnc(SCC(=O)Nc3sc4c(c3C#N)CC[C@@H](C)C4)s2)cc1C. The van der Waals surface area contributed by atoms with Crippen molar-refractivity contribution in [1.82, 2.24) is 10.2 Å². The zero-order valence-electron chi connectivity index (χ0n) is 17.6. The molecule has 2 aromatic heterocycles. The van der Waals surface area contributed by atoms with Gasteiger partial charge < -0.3 is 10.6 Å². The van der Waals surface area contributed by atoms with E-state index in [4.69, 9.17) is 0 Å². The van der Waals surface area contributed by atoms with E-state index in [0.29, 0.717) is 21.6 Å². The van der Waals surface area contributed by atoms with Gasteiger partial charge in [0.2, 0.25) is 11.0 Å². The summed E-state index contributed by atoms with van der Waals surface area (Å²) in [6.45, 7) is 6.38. The summed E-state index contributed by atoms with van der Waals surface area (Å²) in [5, 5.41) is 25.5. The van der Waals surface area contributed by atoms with Crippen LogP contribution in [0.2, 0.25) is 0 Å². The minimum Gasteiger partial charge on any atom is -0.330 e. The molecule has 4 rings (SSSR count). The normalized spacial score (nSPS) is 15.2. The Bertz CT molecular complexity index is 1160. The first-order chi connectivity index (χ1) is 14.9. The number of rotatable bonds is 6. The molecule has 9 heteroatoms. The first kappa shape index (κ1) is 21.8. The number of benzene rings is 1. The third-order valence-corrected chi connectivity index (χ3v) is 8.51. The van der Waals surface area contributed by atoms with Gasteiger partial charge in [-0.1, -0.05) is 36.1 Å². The highest BCUT2D eigenvalue weighted by Gasteiger charge is 2.24. The van der Waals surface area contributed by atoms with Crippen molar-refractivity contribution in [3.63, 3.8) is 0 Å². The molecule has 31 heavy (non-hydrogen) atoms. The molecular formula is C22H23N5OS3. The van der Waals surface area contributed by atoms with E-state index < -0.39 is 0 Å². The molecule has 0 saturated heterocycles. The molecule has 0 fully saturated rings. The van der Waals surface area contributed by atoms with Crippen molar-refractivity contribution in [2.45, 2.75) is 44.4 Å². The van der Waals surface area contributed by atoms with E-state index >= 15 is 0 Å². The third kappa shape index (κ3) is 5.09. The van der Waals surface area contributed by atoms with Gasteiger partial charge in [-0.15, -0.1) is 21.5 Å². The highest BCUT2D eigenvalue weighted by Crippen LogP contribution is 2.39. The maximum Gasteiger partial charge on any atom is 0.235 e. The molecule has 1 aliphatic carbocycles. The summed E-state index contributed by atoms with van der Waals surface area (Å²) in [7, 11) is 0. The molecule has 0 spiro atoms. The predicted molar refractivity (Wildman–Crippen MR) is 129 cm³/mol. The number of nitriles is 1. The number of carbonyl (C=O) groups excluding carboxylic acids is 1. The number of aryl methyl sites for hydroxylation is 2. The van der Waals surface area contributed by atoms with Crippen LogP contribution < -0.4 is 10.6 Å². The number of thiophene rings is 1. The van der Waals surface area contributed by atoms with E-state index in [9.17, 15) is 10.1 Å². The second-order valence-corrected chi connectivity index (χ2v) is 11.1. The molecule has 2 N–H and O–H groups in total. The molecule has 0 unspecified atom stereocenters. The van der Waals surface area contributed by atoms with Crippen molar-refractivity contribution < 1.29 is 4.79 Å². The summed E-state index contributed by atoms with van der Waals surface area (Å²) >= 11 is 4.31. The van der Waals surface area contributed by atoms with Gasteiger partial charge in [0.05, 0.1) is 11.3 Å². The maximum atomic E-state index is 12.5. The largest absolute Gasteiger partial charge is 0.330 e. The van der Waals surface area contributed by atoms with E-state index in [0.717, 1.165) is 34.9 Å². The summed E-state index contributed by atoms with van der Waals surface area (Å²) in [6.07, 6.45) is 3.00. The highest BCUT2D eigenvalue weighted by atomic mass is 32.2. The van der Waals surface area contributed by atoms with Gasteiger partial charge >= 0.3 is 0 Å². The fourth-order valence-corrected chi connectivity index (χ4v) is 6.46. The minimum atomic E-state index is -0.132. The molecule has 2 heterocycles. The number of thioether (sulfide) groups is 1. The van der Waals surface area contributed by atoms with Crippen LogP contribution >= 0.6 is 34.4 Å². The third-order valence-electron chi connectivity index (χ3n) is 5.37. The molecule has 0 bridgehead atoms. The van der Waals surface area contributed by atoms with Crippen molar-refractivity contribution in [3.05, 3.63) is 45.3 Å². The zero-order valence-corrected chi connectivity index (χ0v) is 20.1. The second-order valence-electron chi connectivity index (χ2n) is 7.80. The molecule has 1 aromatic carbocycles. The molecular weight excluding hydrogens is 446 g/mol. The predicted octanol–water partition coefficient (Wildman–Crippen LogP) is 5.69. The van der Waals surface area contributed by atoms with Crippen LogP contribution in [0.3, 0.4) is 0 Å². The fraction of sp³-hybridized carbons (Fsp3) is 0.364. The Hall–Kier alpha value is -2.41. The summed E-state index contributed by atoms with van der Waals surface area (Å²) in [6, 6.07) is 8.45. The van der Waals surface area contributed by atoms with Crippen LogP contribution in [0.5, 0.6) is 0 Å². The van der Waals surface area contributed by atoms with Gasteiger partial charge in [0.1, 0.15) is 11.1 Å². The molecule has 0 aliphatic heterocycles. The Balaban J connectivity index is 1.35. The van der Waals surface area contributed by atoms with Crippen molar-refractivity contribution in [2.24, 2.45) is 5.92 Å². The lowest BCUT2D eigenvalue weighted by Crippen LogP contribution is -2.14. The van der Waals surface area contributed by atoms with E-state index in [1.165, 1.54) is 39.1 Å². The van der Waals surface area contributed by atoms with Crippen LogP contribution in [0.15, 0.2) is 22.5 Å². The van der Waals surface area contributed by atoms with Crippen LogP contribution in [0.25, 0.3) is 0 Å². The van der Waals surface area contributed by atoms with Crippen LogP contribution in [-0.2, 0) is 17.6 Å². The number of hydrogen-bond donors (Lipinski definition) is 2. The molecule has 1 amide bonds. The number of anilines is 3. The monoisotopic (exact) mass is 469 g/mol. The number of amides is 1. The lowest BCUT2D eigenvalue weighted by atomic mass is 9.89. The quantitative estimate of drug-likeness (QED) is 0.451. The molecule has 3 aromatic rings. The van der Waals surface area contributed by atoms with E-state index in [-0.39, 0.29) is 11.7 Å². The van der Waals surface area contributed by atoms with Crippen LogP contribution in [0.4, 0.5) is 15.8 Å². The lowest BCUT2D eigenvalue weighted by Gasteiger charge is -2.17. The standard InChI is InChI=1S/C22H23N5OS3/c1-12-4-7-16-17(10-23)20(30-18(16)8-12)25-19(28)11-29-22-27-26-21(31-22)24-15-6-5-13(2)14(3)9-15/h5-6,9,12H,4,7-8,11H2,1-3H3,(H,24,26)(H,25,28)/t12-/m1/s1. The molecule has 160 valence electrons. The Morgan fingerprint density at radius 1 is 1.29 bits per heavy atom. The molecule has 0 radical (unpaired) electrons. The fourth-order valence-electron chi connectivity index (χ4n) is 3.51. The zero-order chi connectivity index (χ0) is 22.0. The molecule has 1 aliphatic rings. The highest BCUT2D eigenvalue weighted by molar-refractivity contribution is 8.01. The van der Waals surface area contributed by atoms with Crippen molar-refractivity contribution in [2.75, 3.05) is 16.4 Å². The van der Waals surface area contributed by atoms with Gasteiger partial charge in [-0.25, -0.2) is 0 Å². The number of fused-ring (bicyclic) bond motifs is 1. The van der Waals surface area contributed by atoms with E-state index in [1.54, 1.807) is 11.3 Å². The van der Waals surface area contributed by atoms with Crippen molar-refractivity contribution in [3.8, 4) is 6.07 Å². The molecule has 6 nitrogen and oxygen atoms in total. The number of carbonyl (C=O) groups is 1. The van der Waals surface area contributed by atoms with E-state index in [1.807, 2.05) is 6.07 Å². The number of aromatic nitrogens is 2. The van der Waals surface area contributed by atoms with Gasteiger partial charge in [-0.2, -0.15) is 5.26 Å². The van der Waals surface area contributed by atoms with Gasteiger partial charge in [-0.05, 0) is 67.9 Å². The average Bonchev–Trinajstić information content (AvgIpc) is 3.32. The Kier molecular flexibility index (Phi) is 6.60. The van der Waals surface area contributed by atoms with E-state index in [2.05, 4.69) is 59.8 Å². The number of nitrogens with one attached hydrogen (secondary N) is 2. The number of nitrogens with zero attached hydrogens (tertiary/aromatic N) is 3. The van der Waals surface area contributed by atoms with Gasteiger partial charge in [0.15, 0.2) is 4.34 Å². The minimum absolute atomic E-state index is 0.132. The lowest BCUT2D eigenvalue weighted by molar-refractivity contribution is -0.113. The Labute approximate surface area is 194 Å². The van der Waals surface area contributed by atoms with Gasteiger partial charge in [0.25, 0.3) is 0 Å². The summed E-state index contributed by atoms with van der Waals surface area (Å²) in [5.41, 5.74) is 5.18. The average molecular weight is 470 g/mol. The topological polar surface area (TPSA) is 90.7 Å². The molecule has 1 atom stereocenters. The van der Waals surface area contributed by atoms with Gasteiger partial charge in [-0.3, -0.25) is 4.79 Å². The first-order valence-electron chi connectivity index (χ1n) is 10.1. The van der Waals surface area contributed by atoms with Crippen molar-refractivity contribution in [1.29, 1.82) is 5.26 Å². The smallest absolute Gasteiger partial charge is 0.235 e.